The number of rotatable bonds is 7. The fourth-order valence-corrected chi connectivity index (χ4v) is 3.19. The molecule has 0 spiro atoms. The minimum absolute atomic E-state index is 0.0736. The summed E-state index contributed by atoms with van der Waals surface area (Å²) in [7, 11) is 0. The molecular formula is C19H26F3NO4. The SMILES string of the molecule is CCOc1cc(C(=O)N2CCCCC2C(F)(F)F)cc(OCC)c1OCC. The van der Waals surface area contributed by atoms with Gasteiger partial charge in [-0.3, -0.25) is 4.79 Å². The molecule has 1 heterocycles. The number of ether oxygens (including phenoxy) is 3. The van der Waals surface area contributed by atoms with Gasteiger partial charge in [0.25, 0.3) is 5.91 Å². The second kappa shape index (κ2) is 9.19. The van der Waals surface area contributed by atoms with Gasteiger partial charge in [0.15, 0.2) is 11.5 Å². The lowest BCUT2D eigenvalue weighted by Gasteiger charge is -2.37. The second-order valence-electron chi connectivity index (χ2n) is 6.15. The van der Waals surface area contributed by atoms with Gasteiger partial charge in [-0.1, -0.05) is 0 Å². The molecule has 0 radical (unpaired) electrons. The smallest absolute Gasteiger partial charge is 0.408 e. The third kappa shape index (κ3) is 4.99. The summed E-state index contributed by atoms with van der Waals surface area (Å²) in [6.45, 7) is 6.41. The predicted molar refractivity (Wildman–Crippen MR) is 94.7 cm³/mol. The van der Waals surface area contributed by atoms with Crippen LogP contribution in [-0.2, 0) is 0 Å². The van der Waals surface area contributed by atoms with Crippen LogP contribution >= 0.6 is 0 Å². The van der Waals surface area contributed by atoms with Gasteiger partial charge < -0.3 is 19.1 Å². The number of nitrogens with zero attached hydrogens (tertiary/aromatic N) is 1. The van der Waals surface area contributed by atoms with Gasteiger partial charge in [0, 0.05) is 12.1 Å². The van der Waals surface area contributed by atoms with Crippen LogP contribution in [0.2, 0.25) is 0 Å². The Kier molecular flexibility index (Phi) is 7.21. The molecule has 2 rings (SSSR count). The van der Waals surface area contributed by atoms with E-state index in [1.807, 2.05) is 0 Å². The highest BCUT2D eigenvalue weighted by atomic mass is 19.4. The van der Waals surface area contributed by atoms with Crippen molar-refractivity contribution in [2.75, 3.05) is 26.4 Å². The van der Waals surface area contributed by atoms with Crippen LogP contribution in [0.15, 0.2) is 12.1 Å². The molecule has 0 aromatic heterocycles. The zero-order valence-corrected chi connectivity index (χ0v) is 15.9. The maximum Gasteiger partial charge on any atom is 0.408 e. The zero-order valence-electron chi connectivity index (χ0n) is 15.9. The third-order valence-electron chi connectivity index (χ3n) is 4.30. The molecule has 8 heteroatoms. The summed E-state index contributed by atoms with van der Waals surface area (Å²) in [5.74, 6) is 0.245. The molecule has 0 aliphatic carbocycles. The Morgan fingerprint density at radius 2 is 1.59 bits per heavy atom. The Morgan fingerprint density at radius 3 is 2.07 bits per heavy atom. The van der Waals surface area contributed by atoms with Crippen molar-refractivity contribution in [1.82, 2.24) is 4.90 Å². The van der Waals surface area contributed by atoms with Crippen LogP contribution in [0.25, 0.3) is 0 Å². The number of piperidine rings is 1. The molecule has 1 amide bonds. The molecule has 0 N–H and O–H groups in total. The van der Waals surface area contributed by atoms with E-state index in [-0.39, 0.29) is 30.0 Å². The number of carbonyl (C=O) groups excluding carboxylic acids is 1. The Morgan fingerprint density at radius 1 is 1.04 bits per heavy atom. The second-order valence-corrected chi connectivity index (χ2v) is 6.15. The van der Waals surface area contributed by atoms with Gasteiger partial charge in [-0.05, 0) is 52.2 Å². The number of likely N-dealkylation sites (tertiary alicyclic amines) is 1. The Hall–Kier alpha value is -2.12. The molecule has 1 atom stereocenters. The Labute approximate surface area is 157 Å². The van der Waals surface area contributed by atoms with Crippen molar-refractivity contribution in [1.29, 1.82) is 0 Å². The third-order valence-corrected chi connectivity index (χ3v) is 4.30. The van der Waals surface area contributed by atoms with Crippen LogP contribution in [0.3, 0.4) is 0 Å². The van der Waals surface area contributed by atoms with E-state index < -0.39 is 18.1 Å². The number of carbonyl (C=O) groups is 1. The molecule has 1 saturated heterocycles. The van der Waals surface area contributed by atoms with Crippen molar-refractivity contribution in [3.8, 4) is 17.2 Å². The fraction of sp³-hybridized carbons (Fsp3) is 0.632. The molecule has 1 aliphatic heterocycles. The molecule has 27 heavy (non-hydrogen) atoms. The highest BCUT2D eigenvalue weighted by Crippen LogP contribution is 2.40. The quantitative estimate of drug-likeness (QED) is 0.692. The van der Waals surface area contributed by atoms with Crippen molar-refractivity contribution >= 4 is 5.91 Å². The van der Waals surface area contributed by atoms with Crippen LogP contribution in [0.4, 0.5) is 13.2 Å². The van der Waals surface area contributed by atoms with Crippen molar-refractivity contribution < 1.29 is 32.2 Å². The van der Waals surface area contributed by atoms with E-state index in [1.165, 1.54) is 12.1 Å². The van der Waals surface area contributed by atoms with Crippen molar-refractivity contribution in [3.63, 3.8) is 0 Å². The molecular weight excluding hydrogens is 363 g/mol. The molecule has 1 aliphatic rings. The number of halogens is 3. The van der Waals surface area contributed by atoms with E-state index in [0.29, 0.717) is 38.4 Å². The number of hydrogen-bond donors (Lipinski definition) is 0. The molecule has 5 nitrogen and oxygen atoms in total. The van der Waals surface area contributed by atoms with E-state index in [1.54, 1.807) is 20.8 Å². The molecule has 1 fully saturated rings. The lowest BCUT2D eigenvalue weighted by Crippen LogP contribution is -2.51. The standard InChI is InChI=1S/C19H26F3NO4/c1-4-25-14-11-13(12-15(26-5-2)17(14)27-6-3)18(24)23-10-8-7-9-16(23)19(20,21)22/h11-12,16H,4-10H2,1-3H3. The first-order valence-electron chi connectivity index (χ1n) is 9.27. The van der Waals surface area contributed by atoms with E-state index in [0.717, 1.165) is 4.90 Å². The minimum atomic E-state index is -4.45. The lowest BCUT2D eigenvalue weighted by atomic mass is 10.00. The predicted octanol–water partition coefficient (Wildman–Crippen LogP) is 4.44. The molecule has 0 saturated carbocycles. The molecule has 152 valence electrons. The first-order chi connectivity index (χ1) is 12.8. The van der Waals surface area contributed by atoms with Gasteiger partial charge in [-0.15, -0.1) is 0 Å². The summed E-state index contributed by atoms with van der Waals surface area (Å²) in [6.07, 6.45) is -3.53. The van der Waals surface area contributed by atoms with Crippen LogP contribution < -0.4 is 14.2 Å². The van der Waals surface area contributed by atoms with E-state index in [9.17, 15) is 18.0 Å². The van der Waals surface area contributed by atoms with Gasteiger partial charge in [0.05, 0.1) is 19.8 Å². The van der Waals surface area contributed by atoms with Gasteiger partial charge >= 0.3 is 6.18 Å². The average Bonchev–Trinajstić information content (AvgIpc) is 2.63. The maximum atomic E-state index is 13.4. The fourth-order valence-electron chi connectivity index (χ4n) is 3.19. The zero-order chi connectivity index (χ0) is 20.0. The highest BCUT2D eigenvalue weighted by molar-refractivity contribution is 5.96. The number of alkyl halides is 3. The van der Waals surface area contributed by atoms with Crippen molar-refractivity contribution in [2.24, 2.45) is 0 Å². The summed E-state index contributed by atoms with van der Waals surface area (Å²) in [6, 6.07) is 1.10. The maximum absolute atomic E-state index is 13.4. The summed E-state index contributed by atoms with van der Waals surface area (Å²) in [5, 5.41) is 0. The van der Waals surface area contributed by atoms with Gasteiger partial charge in [-0.2, -0.15) is 13.2 Å². The highest BCUT2D eigenvalue weighted by Gasteiger charge is 2.46. The Bertz CT molecular complexity index is 621. The monoisotopic (exact) mass is 389 g/mol. The van der Waals surface area contributed by atoms with Gasteiger partial charge in [-0.25, -0.2) is 0 Å². The summed E-state index contributed by atoms with van der Waals surface area (Å²) in [4.78, 5) is 13.8. The summed E-state index contributed by atoms with van der Waals surface area (Å²) >= 11 is 0. The molecule has 1 aromatic rings. The van der Waals surface area contributed by atoms with Crippen LogP contribution in [0, 0.1) is 0 Å². The van der Waals surface area contributed by atoms with Crippen LogP contribution in [0.1, 0.15) is 50.4 Å². The van der Waals surface area contributed by atoms with E-state index >= 15 is 0 Å². The number of benzene rings is 1. The van der Waals surface area contributed by atoms with E-state index in [2.05, 4.69) is 0 Å². The van der Waals surface area contributed by atoms with Gasteiger partial charge in [0.1, 0.15) is 6.04 Å². The largest absolute Gasteiger partial charge is 0.490 e. The first kappa shape index (κ1) is 21.2. The topological polar surface area (TPSA) is 48.0 Å². The lowest BCUT2D eigenvalue weighted by molar-refractivity contribution is -0.183. The molecule has 1 aromatic carbocycles. The number of hydrogen-bond acceptors (Lipinski definition) is 4. The van der Waals surface area contributed by atoms with Crippen LogP contribution in [-0.4, -0.2) is 49.4 Å². The molecule has 0 bridgehead atoms. The van der Waals surface area contributed by atoms with Crippen molar-refractivity contribution in [2.45, 2.75) is 52.3 Å². The summed E-state index contributed by atoms with van der Waals surface area (Å²) in [5.41, 5.74) is 0.0986. The Balaban J connectivity index is 2.44. The van der Waals surface area contributed by atoms with Crippen molar-refractivity contribution in [3.05, 3.63) is 17.7 Å². The van der Waals surface area contributed by atoms with Crippen LogP contribution in [0.5, 0.6) is 17.2 Å². The van der Waals surface area contributed by atoms with E-state index in [4.69, 9.17) is 14.2 Å². The first-order valence-corrected chi connectivity index (χ1v) is 9.27. The summed E-state index contributed by atoms with van der Waals surface area (Å²) < 4.78 is 56.8. The minimum Gasteiger partial charge on any atom is -0.490 e. The average molecular weight is 389 g/mol. The normalized spacial score (nSPS) is 17.6. The van der Waals surface area contributed by atoms with Gasteiger partial charge in [0.2, 0.25) is 5.75 Å². The number of amides is 1. The molecule has 1 unspecified atom stereocenters.